The quantitative estimate of drug-likeness (QED) is 0.648. The van der Waals surface area contributed by atoms with Gasteiger partial charge in [0.25, 0.3) is 0 Å². The minimum Gasteiger partial charge on any atom is -0.497 e. The Morgan fingerprint density at radius 3 is 2.79 bits per heavy atom. The van der Waals surface area contributed by atoms with Crippen LogP contribution in [0.25, 0.3) is 11.3 Å². The van der Waals surface area contributed by atoms with Gasteiger partial charge >= 0.3 is 0 Å². The molecule has 3 aromatic rings. The molecular weight excluding hydrogens is 352 g/mol. The normalized spacial score (nSPS) is 16.6. The van der Waals surface area contributed by atoms with Crippen LogP contribution in [0, 0.1) is 0 Å². The number of ether oxygens (including phenoxy) is 2. The third-order valence-corrected chi connectivity index (χ3v) is 5.09. The largest absolute Gasteiger partial charge is 0.497 e. The number of aromatic nitrogens is 3. The number of rotatable bonds is 8. The second-order valence-electron chi connectivity index (χ2n) is 7.12. The van der Waals surface area contributed by atoms with E-state index in [4.69, 9.17) is 9.47 Å². The number of hydrogen-bond acceptors (Lipinski definition) is 5. The van der Waals surface area contributed by atoms with Gasteiger partial charge in [-0.05, 0) is 49.2 Å². The van der Waals surface area contributed by atoms with Gasteiger partial charge in [-0.1, -0.05) is 6.07 Å². The van der Waals surface area contributed by atoms with Crippen LogP contribution in [0.2, 0.25) is 0 Å². The lowest BCUT2D eigenvalue weighted by Crippen LogP contribution is -2.31. The molecule has 4 rings (SSSR count). The van der Waals surface area contributed by atoms with Crippen LogP contribution >= 0.6 is 0 Å². The van der Waals surface area contributed by atoms with E-state index in [1.54, 1.807) is 7.11 Å². The molecule has 0 saturated carbocycles. The average molecular weight is 378 g/mol. The van der Waals surface area contributed by atoms with Crippen molar-refractivity contribution in [3.8, 4) is 17.0 Å². The zero-order chi connectivity index (χ0) is 19.2. The molecule has 6 heteroatoms. The lowest BCUT2D eigenvalue weighted by molar-refractivity contribution is 0.0675. The van der Waals surface area contributed by atoms with E-state index < -0.39 is 0 Å². The van der Waals surface area contributed by atoms with Gasteiger partial charge in [-0.3, -0.25) is 15.0 Å². The van der Waals surface area contributed by atoms with Gasteiger partial charge in [-0.2, -0.15) is 5.10 Å². The molecule has 28 heavy (non-hydrogen) atoms. The van der Waals surface area contributed by atoms with Gasteiger partial charge in [0.2, 0.25) is 0 Å². The highest BCUT2D eigenvalue weighted by molar-refractivity contribution is 5.63. The molecule has 1 aliphatic rings. The van der Waals surface area contributed by atoms with E-state index in [1.807, 2.05) is 36.7 Å². The standard InChI is InChI=1S/C22H26N4O2/c1-27-20-9-7-17(8-10-20)22-18(13-24-25-22)14-26(16-21-6-4-12-28-21)15-19-5-2-3-11-23-19/h2-3,5,7-11,13,21H,4,6,12,14-16H2,1H3,(H,24,25)/t21-/m1/s1. The van der Waals surface area contributed by atoms with E-state index >= 15 is 0 Å². The summed E-state index contributed by atoms with van der Waals surface area (Å²) in [4.78, 5) is 6.90. The average Bonchev–Trinajstić information content (AvgIpc) is 3.41. The first-order chi connectivity index (χ1) is 13.8. The molecule has 0 spiro atoms. The molecule has 6 nitrogen and oxygen atoms in total. The molecule has 3 heterocycles. The first-order valence-corrected chi connectivity index (χ1v) is 9.72. The molecule has 2 aromatic heterocycles. The van der Waals surface area contributed by atoms with Crippen LogP contribution in [0.5, 0.6) is 5.75 Å². The maximum Gasteiger partial charge on any atom is 0.118 e. The minimum atomic E-state index is 0.292. The van der Waals surface area contributed by atoms with Gasteiger partial charge in [0.1, 0.15) is 5.75 Å². The Hall–Kier alpha value is -2.70. The SMILES string of the molecule is COc1ccc(-c2[nH]ncc2CN(Cc2ccccn2)C[C@H]2CCCO2)cc1. The fourth-order valence-electron chi connectivity index (χ4n) is 3.66. The van der Waals surface area contributed by atoms with Gasteiger partial charge < -0.3 is 9.47 Å². The van der Waals surface area contributed by atoms with Crippen LogP contribution in [-0.2, 0) is 17.8 Å². The van der Waals surface area contributed by atoms with Gasteiger partial charge in [-0.15, -0.1) is 0 Å². The first kappa shape index (κ1) is 18.7. The van der Waals surface area contributed by atoms with Gasteiger partial charge in [0.15, 0.2) is 0 Å². The Balaban J connectivity index is 1.53. The van der Waals surface area contributed by atoms with Crippen LogP contribution in [0.15, 0.2) is 54.9 Å². The Labute approximate surface area is 165 Å². The summed E-state index contributed by atoms with van der Waals surface area (Å²) in [6.07, 6.45) is 6.32. The predicted octanol–water partition coefficient (Wildman–Crippen LogP) is 3.66. The van der Waals surface area contributed by atoms with E-state index in [-0.39, 0.29) is 0 Å². The third kappa shape index (κ3) is 4.58. The summed E-state index contributed by atoms with van der Waals surface area (Å²) in [6.45, 7) is 3.33. The van der Waals surface area contributed by atoms with E-state index in [9.17, 15) is 0 Å². The maximum absolute atomic E-state index is 5.88. The second-order valence-corrected chi connectivity index (χ2v) is 7.12. The molecule has 0 unspecified atom stereocenters. The summed E-state index contributed by atoms with van der Waals surface area (Å²) < 4.78 is 11.1. The summed E-state index contributed by atoms with van der Waals surface area (Å²) in [5.41, 5.74) is 4.37. The van der Waals surface area contributed by atoms with E-state index in [0.29, 0.717) is 6.10 Å². The first-order valence-electron chi connectivity index (χ1n) is 9.72. The lowest BCUT2D eigenvalue weighted by atomic mass is 10.1. The number of methoxy groups -OCH3 is 1. The molecule has 1 atom stereocenters. The summed E-state index contributed by atoms with van der Waals surface area (Å²) >= 11 is 0. The molecular formula is C22H26N4O2. The number of aromatic amines is 1. The van der Waals surface area contributed by atoms with E-state index in [0.717, 1.165) is 61.8 Å². The zero-order valence-corrected chi connectivity index (χ0v) is 16.2. The van der Waals surface area contributed by atoms with Crippen molar-refractivity contribution in [2.75, 3.05) is 20.3 Å². The smallest absolute Gasteiger partial charge is 0.118 e. The number of pyridine rings is 1. The highest BCUT2D eigenvalue weighted by Crippen LogP contribution is 2.25. The van der Waals surface area contributed by atoms with Crippen LogP contribution in [-0.4, -0.2) is 46.4 Å². The zero-order valence-electron chi connectivity index (χ0n) is 16.2. The van der Waals surface area contributed by atoms with Crippen molar-refractivity contribution in [2.24, 2.45) is 0 Å². The van der Waals surface area contributed by atoms with Gasteiger partial charge in [0.05, 0.1) is 30.8 Å². The minimum absolute atomic E-state index is 0.292. The third-order valence-electron chi connectivity index (χ3n) is 5.09. The van der Waals surface area contributed by atoms with Crippen LogP contribution < -0.4 is 4.74 Å². The van der Waals surface area contributed by atoms with Crippen molar-refractivity contribution in [3.05, 3.63) is 66.1 Å². The van der Waals surface area contributed by atoms with Crippen molar-refractivity contribution >= 4 is 0 Å². The highest BCUT2D eigenvalue weighted by Gasteiger charge is 2.21. The van der Waals surface area contributed by atoms with Crippen molar-refractivity contribution < 1.29 is 9.47 Å². The molecule has 0 amide bonds. The number of nitrogens with one attached hydrogen (secondary N) is 1. The van der Waals surface area contributed by atoms with Crippen molar-refractivity contribution in [1.29, 1.82) is 0 Å². The molecule has 0 bridgehead atoms. The topological polar surface area (TPSA) is 63.3 Å². The fraction of sp³-hybridized carbons (Fsp3) is 0.364. The summed E-state index contributed by atoms with van der Waals surface area (Å²) in [5.74, 6) is 0.847. The number of hydrogen-bond donors (Lipinski definition) is 1. The number of H-pyrrole nitrogens is 1. The van der Waals surface area contributed by atoms with Crippen molar-refractivity contribution in [1.82, 2.24) is 20.1 Å². The molecule has 1 N–H and O–H groups in total. The van der Waals surface area contributed by atoms with Gasteiger partial charge in [0, 0.05) is 43.6 Å². The van der Waals surface area contributed by atoms with Crippen molar-refractivity contribution in [2.45, 2.75) is 32.0 Å². The van der Waals surface area contributed by atoms with Crippen LogP contribution in [0.1, 0.15) is 24.1 Å². The second kappa shape index (κ2) is 8.99. The monoisotopic (exact) mass is 378 g/mol. The van der Waals surface area contributed by atoms with Crippen LogP contribution in [0.3, 0.4) is 0 Å². The molecule has 0 aliphatic carbocycles. The lowest BCUT2D eigenvalue weighted by Gasteiger charge is -2.25. The highest BCUT2D eigenvalue weighted by atomic mass is 16.5. The predicted molar refractivity (Wildman–Crippen MR) is 108 cm³/mol. The Morgan fingerprint density at radius 1 is 1.18 bits per heavy atom. The van der Waals surface area contributed by atoms with E-state index in [1.165, 1.54) is 5.56 Å². The Bertz CT molecular complexity index is 858. The molecule has 1 fully saturated rings. The van der Waals surface area contributed by atoms with Crippen LogP contribution in [0.4, 0.5) is 0 Å². The van der Waals surface area contributed by atoms with Gasteiger partial charge in [-0.25, -0.2) is 0 Å². The Morgan fingerprint density at radius 2 is 2.07 bits per heavy atom. The summed E-state index contributed by atoms with van der Waals surface area (Å²) in [6, 6.07) is 14.1. The summed E-state index contributed by atoms with van der Waals surface area (Å²) in [5, 5.41) is 7.46. The molecule has 146 valence electrons. The summed E-state index contributed by atoms with van der Waals surface area (Å²) in [7, 11) is 1.68. The molecule has 1 saturated heterocycles. The molecule has 1 aromatic carbocycles. The number of benzene rings is 1. The molecule has 0 radical (unpaired) electrons. The van der Waals surface area contributed by atoms with Crippen molar-refractivity contribution in [3.63, 3.8) is 0 Å². The Kier molecular flexibility index (Phi) is 5.99. The maximum atomic E-state index is 5.88. The fourth-order valence-corrected chi connectivity index (χ4v) is 3.66. The number of nitrogens with zero attached hydrogens (tertiary/aromatic N) is 3. The molecule has 1 aliphatic heterocycles. The van der Waals surface area contributed by atoms with E-state index in [2.05, 4.69) is 38.3 Å².